The standard InChI is InChI=1S/C6H6O7S.Na/c7-3(8)1-6(11)2-4(9)12-14-13-5(6)10;/h11H,1-2H2,(H,7,8);/q;+1/p-1. The third-order valence-corrected chi connectivity index (χ3v) is 1.96. The largest absolute Gasteiger partial charge is 1.00 e. The van der Waals surface area contributed by atoms with E-state index >= 15 is 0 Å². The molecule has 0 aromatic heterocycles. The van der Waals surface area contributed by atoms with Crippen LogP contribution in [0.3, 0.4) is 0 Å². The second-order valence-electron chi connectivity index (χ2n) is 2.65. The molecule has 1 rings (SSSR count). The van der Waals surface area contributed by atoms with Crippen LogP contribution in [0.2, 0.25) is 0 Å². The Morgan fingerprint density at radius 2 is 2.13 bits per heavy atom. The van der Waals surface area contributed by atoms with Crippen LogP contribution in [0, 0.1) is 0 Å². The van der Waals surface area contributed by atoms with E-state index in [0.29, 0.717) is 0 Å². The van der Waals surface area contributed by atoms with Crippen molar-refractivity contribution in [2.75, 3.05) is 0 Å². The summed E-state index contributed by atoms with van der Waals surface area (Å²) in [6.45, 7) is 0. The van der Waals surface area contributed by atoms with Crippen molar-refractivity contribution in [3.8, 4) is 0 Å². The van der Waals surface area contributed by atoms with Crippen molar-refractivity contribution in [1.29, 1.82) is 0 Å². The van der Waals surface area contributed by atoms with Crippen molar-refractivity contribution in [3.63, 3.8) is 0 Å². The monoisotopic (exact) mass is 244 g/mol. The molecule has 1 atom stereocenters. The minimum Gasteiger partial charge on any atom is -0.550 e. The second-order valence-corrected chi connectivity index (χ2v) is 3.12. The van der Waals surface area contributed by atoms with Crippen molar-refractivity contribution < 1.29 is 62.5 Å². The predicted molar refractivity (Wildman–Crippen MR) is 39.0 cm³/mol. The smallest absolute Gasteiger partial charge is 0.550 e. The molecule has 1 heterocycles. The SMILES string of the molecule is O=C([O-])CC1(O)CC(=O)OSOC1=O.[Na+]. The van der Waals surface area contributed by atoms with Crippen LogP contribution >= 0.6 is 12.3 Å². The van der Waals surface area contributed by atoms with Crippen LogP contribution in [0.4, 0.5) is 0 Å². The van der Waals surface area contributed by atoms with Gasteiger partial charge in [-0.15, -0.1) is 0 Å². The van der Waals surface area contributed by atoms with Crippen LogP contribution in [0.1, 0.15) is 12.8 Å². The molecule has 0 saturated carbocycles. The summed E-state index contributed by atoms with van der Waals surface area (Å²) in [5.41, 5.74) is -2.40. The van der Waals surface area contributed by atoms with Gasteiger partial charge in [0.05, 0.1) is 6.42 Å². The number of aliphatic hydroxyl groups is 1. The summed E-state index contributed by atoms with van der Waals surface area (Å²) in [4.78, 5) is 32.0. The average molecular weight is 244 g/mol. The van der Waals surface area contributed by atoms with Crippen LogP contribution < -0.4 is 34.7 Å². The van der Waals surface area contributed by atoms with E-state index in [4.69, 9.17) is 0 Å². The van der Waals surface area contributed by atoms with Crippen molar-refractivity contribution in [2.24, 2.45) is 0 Å². The summed E-state index contributed by atoms with van der Waals surface area (Å²) in [6, 6.07) is 0. The molecular formula is C6H5NaO7S. The molecule has 1 aliphatic rings. The molecule has 1 N–H and O–H groups in total. The Labute approximate surface area is 111 Å². The first-order valence-corrected chi connectivity index (χ1v) is 4.11. The molecule has 0 radical (unpaired) electrons. The normalized spacial score (nSPS) is 25.7. The second kappa shape index (κ2) is 5.71. The van der Waals surface area contributed by atoms with Gasteiger partial charge in [0.2, 0.25) is 0 Å². The maximum absolute atomic E-state index is 11.0. The molecule has 1 unspecified atom stereocenters. The van der Waals surface area contributed by atoms with E-state index in [1.54, 1.807) is 0 Å². The average Bonchev–Trinajstić information content (AvgIpc) is 2.11. The van der Waals surface area contributed by atoms with Gasteiger partial charge in [-0.3, -0.25) is 4.79 Å². The maximum atomic E-state index is 11.0. The van der Waals surface area contributed by atoms with Gasteiger partial charge in [0.25, 0.3) is 12.3 Å². The van der Waals surface area contributed by atoms with Gasteiger partial charge in [-0.2, -0.15) is 0 Å². The summed E-state index contributed by atoms with van der Waals surface area (Å²) in [6.07, 6.45) is -1.78. The summed E-state index contributed by atoms with van der Waals surface area (Å²) in [5.74, 6) is -3.84. The first kappa shape index (κ1) is 14.7. The molecule has 1 saturated heterocycles. The summed E-state index contributed by atoms with van der Waals surface area (Å²) in [7, 11) is 0. The Bertz CT molecular complexity index is 293. The predicted octanol–water partition coefficient (Wildman–Crippen LogP) is -5.09. The number of hydrogen-bond donors (Lipinski definition) is 1. The number of carboxylic acids is 1. The Kier molecular flexibility index (Phi) is 5.60. The first-order chi connectivity index (χ1) is 6.44. The van der Waals surface area contributed by atoms with Gasteiger partial charge in [0, 0.05) is 12.4 Å². The third-order valence-electron chi connectivity index (χ3n) is 1.49. The van der Waals surface area contributed by atoms with E-state index in [2.05, 4.69) is 8.37 Å². The van der Waals surface area contributed by atoms with Crippen LogP contribution in [0.5, 0.6) is 0 Å². The number of carboxylic acid groups (broad SMARTS) is 1. The molecule has 9 heteroatoms. The van der Waals surface area contributed by atoms with Gasteiger partial charge in [0.1, 0.15) is 0 Å². The Balaban J connectivity index is 0.00000196. The van der Waals surface area contributed by atoms with Crippen LogP contribution in [0.25, 0.3) is 0 Å². The fourth-order valence-electron chi connectivity index (χ4n) is 0.877. The van der Waals surface area contributed by atoms with E-state index in [0.717, 1.165) is 0 Å². The number of hydrogen-bond acceptors (Lipinski definition) is 8. The summed E-state index contributed by atoms with van der Waals surface area (Å²) < 4.78 is 8.39. The van der Waals surface area contributed by atoms with Crippen molar-refractivity contribution in [1.82, 2.24) is 0 Å². The minimum absolute atomic E-state index is 0. The summed E-state index contributed by atoms with van der Waals surface area (Å²) in [5, 5.41) is 19.7. The third kappa shape index (κ3) is 3.99. The maximum Gasteiger partial charge on any atom is 1.00 e. The molecule has 0 amide bonds. The molecule has 1 fully saturated rings. The minimum atomic E-state index is -2.40. The molecule has 0 aliphatic carbocycles. The molecule has 15 heavy (non-hydrogen) atoms. The quantitative estimate of drug-likeness (QED) is 0.379. The zero-order valence-electron chi connectivity index (χ0n) is 7.72. The fraction of sp³-hybridized carbons (Fsp3) is 0.500. The molecule has 0 aromatic carbocycles. The van der Waals surface area contributed by atoms with Gasteiger partial charge in [-0.1, -0.05) is 0 Å². The van der Waals surface area contributed by atoms with E-state index in [1.807, 2.05) is 0 Å². The molecule has 1 aliphatic heterocycles. The first-order valence-electron chi connectivity index (χ1n) is 3.45. The van der Waals surface area contributed by atoms with E-state index in [9.17, 15) is 24.6 Å². The van der Waals surface area contributed by atoms with Gasteiger partial charge in [-0.25, -0.2) is 4.79 Å². The van der Waals surface area contributed by atoms with E-state index < -0.39 is 36.4 Å². The van der Waals surface area contributed by atoms with Crippen LogP contribution in [-0.2, 0) is 22.7 Å². The Morgan fingerprint density at radius 1 is 1.53 bits per heavy atom. The van der Waals surface area contributed by atoms with Crippen LogP contribution in [-0.4, -0.2) is 28.6 Å². The molecule has 0 spiro atoms. The van der Waals surface area contributed by atoms with Gasteiger partial charge in [0.15, 0.2) is 5.60 Å². The van der Waals surface area contributed by atoms with Crippen LogP contribution in [0.15, 0.2) is 0 Å². The van der Waals surface area contributed by atoms with Gasteiger partial charge >= 0.3 is 41.5 Å². The van der Waals surface area contributed by atoms with E-state index in [-0.39, 0.29) is 41.9 Å². The molecule has 78 valence electrons. The number of aliphatic carboxylic acids is 1. The Morgan fingerprint density at radius 3 is 2.67 bits per heavy atom. The van der Waals surface area contributed by atoms with E-state index in [1.165, 1.54) is 0 Å². The fourth-order valence-corrected chi connectivity index (χ4v) is 1.26. The van der Waals surface area contributed by atoms with Crippen molar-refractivity contribution >= 4 is 30.2 Å². The Hall–Kier alpha value is -0.280. The zero-order valence-corrected chi connectivity index (χ0v) is 10.5. The number of carbonyl (C=O) groups is 3. The number of rotatable bonds is 2. The number of carbonyl (C=O) groups excluding carboxylic acids is 3. The van der Waals surface area contributed by atoms with Gasteiger partial charge in [-0.05, 0) is 0 Å². The molecule has 0 aromatic rings. The summed E-state index contributed by atoms with van der Waals surface area (Å²) >= 11 is 0.0889. The molecule has 0 bridgehead atoms. The topological polar surface area (TPSA) is 113 Å². The zero-order chi connectivity index (χ0) is 10.8. The van der Waals surface area contributed by atoms with Crippen molar-refractivity contribution in [2.45, 2.75) is 18.4 Å². The van der Waals surface area contributed by atoms with Crippen molar-refractivity contribution in [3.05, 3.63) is 0 Å². The molecular weight excluding hydrogens is 239 g/mol. The molecule has 7 nitrogen and oxygen atoms in total. The van der Waals surface area contributed by atoms with Gasteiger partial charge < -0.3 is 23.4 Å².